The summed E-state index contributed by atoms with van der Waals surface area (Å²) in [5.74, 6) is 0.844. The summed E-state index contributed by atoms with van der Waals surface area (Å²) in [6, 6.07) is 12.3. The zero-order valence-electron chi connectivity index (χ0n) is 13.3. The fourth-order valence-corrected chi connectivity index (χ4v) is 2.77. The monoisotopic (exact) mass is 295 g/mol. The van der Waals surface area contributed by atoms with E-state index in [1.165, 1.54) is 11.4 Å². The van der Waals surface area contributed by atoms with Crippen LogP contribution >= 0.6 is 0 Å². The van der Waals surface area contributed by atoms with Gasteiger partial charge in [-0.3, -0.25) is 4.98 Å². The zero-order chi connectivity index (χ0) is 15.5. The fraction of sp³-hybridized carbons (Fsp3) is 0.278. The van der Waals surface area contributed by atoms with Gasteiger partial charge in [0.2, 0.25) is 0 Å². The molecular formula is C18H21N3O. The summed E-state index contributed by atoms with van der Waals surface area (Å²) in [4.78, 5) is 4.48. The highest BCUT2D eigenvalue weighted by molar-refractivity contribution is 5.91. The molecule has 114 valence electrons. The van der Waals surface area contributed by atoms with Crippen LogP contribution in [0.4, 0.5) is 5.69 Å². The first-order chi connectivity index (χ1) is 10.7. The van der Waals surface area contributed by atoms with Gasteiger partial charge in [0.1, 0.15) is 5.75 Å². The van der Waals surface area contributed by atoms with E-state index in [-0.39, 0.29) is 0 Å². The first-order valence-electron chi connectivity index (χ1n) is 7.48. The van der Waals surface area contributed by atoms with Crippen LogP contribution in [0.25, 0.3) is 10.9 Å². The van der Waals surface area contributed by atoms with Crippen LogP contribution in [0.5, 0.6) is 5.75 Å². The Morgan fingerprint density at radius 1 is 1.14 bits per heavy atom. The maximum absolute atomic E-state index is 5.38. The summed E-state index contributed by atoms with van der Waals surface area (Å²) in [5.41, 5.74) is 4.56. The van der Waals surface area contributed by atoms with E-state index < -0.39 is 0 Å². The molecule has 0 radical (unpaired) electrons. The number of aromatic nitrogens is 2. The Bertz CT molecular complexity index is 773. The fourth-order valence-electron chi connectivity index (χ4n) is 2.77. The Hall–Kier alpha value is -2.49. The molecule has 0 fully saturated rings. The zero-order valence-corrected chi connectivity index (χ0v) is 13.3. The quantitative estimate of drug-likeness (QED) is 0.778. The summed E-state index contributed by atoms with van der Waals surface area (Å²) in [6.45, 7) is 6.04. The van der Waals surface area contributed by atoms with Crippen LogP contribution in [-0.4, -0.2) is 23.2 Å². The number of fused-ring (bicyclic) bond motifs is 1. The first-order valence-corrected chi connectivity index (χ1v) is 7.48. The highest BCUT2D eigenvalue weighted by Crippen LogP contribution is 2.27. The normalized spacial score (nSPS) is 10.9. The second kappa shape index (κ2) is 6.10. The van der Waals surface area contributed by atoms with E-state index >= 15 is 0 Å². The van der Waals surface area contributed by atoms with E-state index in [0.717, 1.165) is 35.4 Å². The minimum absolute atomic E-state index is 0.842. The smallest absolute Gasteiger partial charge is 0.121 e. The van der Waals surface area contributed by atoms with Crippen LogP contribution in [-0.2, 0) is 6.54 Å². The highest BCUT2D eigenvalue weighted by Gasteiger charge is 2.06. The van der Waals surface area contributed by atoms with Crippen LogP contribution in [0.1, 0.15) is 11.4 Å². The summed E-state index contributed by atoms with van der Waals surface area (Å²) < 4.78 is 7.69. The van der Waals surface area contributed by atoms with E-state index in [1.54, 1.807) is 7.11 Å². The lowest BCUT2D eigenvalue weighted by Crippen LogP contribution is -2.13. The number of hydrogen-bond donors (Lipinski definition) is 1. The molecule has 0 spiro atoms. The molecule has 0 unspecified atom stereocenters. The number of anilines is 1. The standard InChI is InChI=1S/C18H21N3O/c1-13-6-7-14(2)21(13)10-9-19-17-12-16(22-3)11-15-5-4-8-20-18(15)17/h4-8,11-12,19H,9-10H2,1-3H3. The lowest BCUT2D eigenvalue weighted by atomic mass is 10.2. The first kappa shape index (κ1) is 14.4. The van der Waals surface area contributed by atoms with Gasteiger partial charge in [0.25, 0.3) is 0 Å². The summed E-state index contributed by atoms with van der Waals surface area (Å²) >= 11 is 0. The third-order valence-electron chi connectivity index (χ3n) is 3.98. The highest BCUT2D eigenvalue weighted by atomic mass is 16.5. The number of aryl methyl sites for hydroxylation is 2. The predicted molar refractivity (Wildman–Crippen MR) is 90.7 cm³/mol. The van der Waals surface area contributed by atoms with Crippen molar-refractivity contribution in [2.45, 2.75) is 20.4 Å². The number of methoxy groups -OCH3 is 1. The topological polar surface area (TPSA) is 39.1 Å². The van der Waals surface area contributed by atoms with Gasteiger partial charge in [-0.25, -0.2) is 0 Å². The van der Waals surface area contributed by atoms with Crippen LogP contribution in [0.2, 0.25) is 0 Å². The molecule has 4 heteroatoms. The van der Waals surface area contributed by atoms with Crippen molar-refractivity contribution in [3.05, 3.63) is 54.0 Å². The van der Waals surface area contributed by atoms with Crippen molar-refractivity contribution in [2.75, 3.05) is 19.0 Å². The van der Waals surface area contributed by atoms with Gasteiger partial charge in [-0.2, -0.15) is 0 Å². The average molecular weight is 295 g/mol. The summed E-state index contributed by atoms with van der Waals surface area (Å²) in [5, 5.41) is 4.57. The maximum Gasteiger partial charge on any atom is 0.121 e. The van der Waals surface area contributed by atoms with E-state index in [0.29, 0.717) is 0 Å². The molecule has 0 atom stereocenters. The number of nitrogens with one attached hydrogen (secondary N) is 1. The Morgan fingerprint density at radius 3 is 2.64 bits per heavy atom. The molecule has 1 aromatic carbocycles. The van der Waals surface area contributed by atoms with Crippen LogP contribution in [0.15, 0.2) is 42.6 Å². The van der Waals surface area contributed by atoms with Crippen molar-refractivity contribution < 1.29 is 4.74 Å². The SMILES string of the molecule is COc1cc(NCCn2c(C)ccc2C)c2ncccc2c1. The Morgan fingerprint density at radius 2 is 1.91 bits per heavy atom. The molecule has 0 aliphatic carbocycles. The number of hydrogen-bond acceptors (Lipinski definition) is 3. The number of rotatable bonds is 5. The molecule has 2 aromatic heterocycles. The van der Waals surface area contributed by atoms with Crippen molar-refractivity contribution >= 4 is 16.6 Å². The van der Waals surface area contributed by atoms with Crippen molar-refractivity contribution in [2.24, 2.45) is 0 Å². The van der Waals surface area contributed by atoms with Gasteiger partial charge in [-0.1, -0.05) is 6.07 Å². The van der Waals surface area contributed by atoms with E-state index in [1.807, 2.05) is 24.4 Å². The lowest BCUT2D eigenvalue weighted by Gasteiger charge is -2.13. The van der Waals surface area contributed by atoms with Gasteiger partial charge in [0, 0.05) is 42.1 Å². The number of nitrogens with zero attached hydrogens (tertiary/aromatic N) is 2. The third-order valence-corrected chi connectivity index (χ3v) is 3.98. The summed E-state index contributed by atoms with van der Waals surface area (Å²) in [7, 11) is 1.69. The van der Waals surface area contributed by atoms with Crippen molar-refractivity contribution in [3.8, 4) is 5.75 Å². The van der Waals surface area contributed by atoms with Crippen molar-refractivity contribution in [1.82, 2.24) is 9.55 Å². The second-order valence-electron chi connectivity index (χ2n) is 5.44. The third kappa shape index (κ3) is 2.77. The van der Waals surface area contributed by atoms with Crippen LogP contribution < -0.4 is 10.1 Å². The van der Waals surface area contributed by atoms with Crippen molar-refractivity contribution in [3.63, 3.8) is 0 Å². The average Bonchev–Trinajstić information content (AvgIpc) is 2.86. The minimum atomic E-state index is 0.842. The van der Waals surface area contributed by atoms with Crippen molar-refractivity contribution in [1.29, 1.82) is 0 Å². The molecule has 22 heavy (non-hydrogen) atoms. The lowest BCUT2D eigenvalue weighted by molar-refractivity contribution is 0.415. The largest absolute Gasteiger partial charge is 0.497 e. The number of benzene rings is 1. The molecule has 0 aliphatic rings. The minimum Gasteiger partial charge on any atom is -0.497 e. The molecule has 0 saturated carbocycles. The number of pyridine rings is 1. The molecule has 0 bridgehead atoms. The van der Waals surface area contributed by atoms with Gasteiger partial charge in [-0.15, -0.1) is 0 Å². The predicted octanol–water partition coefficient (Wildman–Crippen LogP) is 3.77. The Kier molecular flexibility index (Phi) is 4.00. The van der Waals surface area contributed by atoms with Gasteiger partial charge in [-0.05, 0) is 38.1 Å². The summed E-state index contributed by atoms with van der Waals surface area (Å²) in [6.07, 6.45) is 1.82. The molecule has 0 aliphatic heterocycles. The molecule has 2 heterocycles. The van der Waals surface area contributed by atoms with Crippen LogP contribution in [0.3, 0.4) is 0 Å². The van der Waals surface area contributed by atoms with Gasteiger partial charge in [0.05, 0.1) is 18.3 Å². The second-order valence-corrected chi connectivity index (χ2v) is 5.44. The maximum atomic E-state index is 5.38. The molecule has 3 aromatic rings. The molecule has 0 amide bonds. The molecule has 1 N–H and O–H groups in total. The van der Waals surface area contributed by atoms with E-state index in [9.17, 15) is 0 Å². The van der Waals surface area contributed by atoms with Gasteiger partial charge >= 0.3 is 0 Å². The molecular weight excluding hydrogens is 274 g/mol. The van der Waals surface area contributed by atoms with Gasteiger partial charge < -0.3 is 14.6 Å². The molecule has 3 rings (SSSR count). The Labute approximate surface area is 130 Å². The van der Waals surface area contributed by atoms with E-state index in [2.05, 4.69) is 46.9 Å². The molecule has 0 saturated heterocycles. The van der Waals surface area contributed by atoms with E-state index in [4.69, 9.17) is 4.74 Å². The molecule has 4 nitrogen and oxygen atoms in total. The Balaban J connectivity index is 1.81. The van der Waals surface area contributed by atoms with Gasteiger partial charge in [0.15, 0.2) is 0 Å². The number of ether oxygens (including phenoxy) is 1. The van der Waals surface area contributed by atoms with Crippen LogP contribution in [0, 0.1) is 13.8 Å².